The largest absolute Gasteiger partial charge is 0.352 e. The Hall–Kier alpha value is -2.18. The van der Waals surface area contributed by atoms with Gasteiger partial charge in [0, 0.05) is 51.2 Å². The maximum Gasteiger partial charge on any atom is 0.320 e. The second-order valence-corrected chi connectivity index (χ2v) is 5.00. The van der Waals surface area contributed by atoms with Gasteiger partial charge in [0.2, 0.25) is 5.91 Å². The summed E-state index contributed by atoms with van der Waals surface area (Å²) in [5.41, 5.74) is 0.831. The van der Waals surface area contributed by atoms with Gasteiger partial charge >= 0.3 is 6.03 Å². The van der Waals surface area contributed by atoms with Crippen molar-refractivity contribution in [3.8, 4) is 0 Å². The summed E-state index contributed by atoms with van der Waals surface area (Å²) in [5.74, 6) is -0.148. The van der Waals surface area contributed by atoms with Gasteiger partial charge in [-0.3, -0.25) is 14.8 Å². The van der Waals surface area contributed by atoms with Crippen molar-refractivity contribution >= 4 is 11.9 Å². The van der Waals surface area contributed by atoms with E-state index in [0.29, 0.717) is 19.5 Å². The molecule has 2 heterocycles. The van der Waals surface area contributed by atoms with E-state index < -0.39 is 0 Å². The minimum atomic E-state index is -0.148. The molecule has 108 valence electrons. The van der Waals surface area contributed by atoms with Crippen LogP contribution in [-0.4, -0.2) is 64.4 Å². The Morgan fingerprint density at radius 1 is 1.45 bits per heavy atom. The lowest BCUT2D eigenvalue weighted by atomic mass is 10.2. The molecule has 0 bridgehead atoms. The zero-order valence-corrected chi connectivity index (χ0v) is 11.7. The van der Waals surface area contributed by atoms with Gasteiger partial charge in [-0.05, 0) is 6.92 Å². The van der Waals surface area contributed by atoms with Crippen LogP contribution in [0.1, 0.15) is 12.6 Å². The van der Waals surface area contributed by atoms with Crippen molar-refractivity contribution in [2.45, 2.75) is 19.4 Å². The number of carbonyl (C=O) groups is 2. The number of hydrogen-bond donors (Lipinski definition) is 1. The van der Waals surface area contributed by atoms with Crippen LogP contribution in [0.25, 0.3) is 0 Å². The average molecular weight is 277 g/mol. The molecule has 0 aromatic carbocycles. The summed E-state index contributed by atoms with van der Waals surface area (Å²) in [6.07, 6.45) is 5.54. The van der Waals surface area contributed by atoms with E-state index in [-0.39, 0.29) is 24.5 Å². The van der Waals surface area contributed by atoms with Crippen LogP contribution in [0.15, 0.2) is 18.6 Å². The average Bonchev–Trinajstić information content (AvgIpc) is 2.71. The molecular weight excluding hydrogens is 258 g/mol. The molecule has 20 heavy (non-hydrogen) atoms. The third-order valence-electron chi connectivity index (χ3n) is 3.18. The molecule has 0 saturated carbocycles. The van der Waals surface area contributed by atoms with Gasteiger partial charge < -0.3 is 15.1 Å². The van der Waals surface area contributed by atoms with Crippen molar-refractivity contribution in [3.05, 3.63) is 24.3 Å². The van der Waals surface area contributed by atoms with E-state index in [1.807, 2.05) is 6.92 Å². The lowest BCUT2D eigenvalue weighted by Crippen LogP contribution is -2.43. The molecule has 0 unspecified atom stereocenters. The number of rotatable bonds is 5. The van der Waals surface area contributed by atoms with Gasteiger partial charge in [0.15, 0.2) is 0 Å². The summed E-state index contributed by atoms with van der Waals surface area (Å²) in [5, 5.41) is 2.87. The third kappa shape index (κ3) is 3.66. The zero-order valence-electron chi connectivity index (χ0n) is 11.7. The molecule has 1 N–H and O–H groups in total. The van der Waals surface area contributed by atoms with Gasteiger partial charge in [-0.15, -0.1) is 0 Å². The van der Waals surface area contributed by atoms with E-state index >= 15 is 0 Å². The number of nitrogens with one attached hydrogen (secondary N) is 1. The van der Waals surface area contributed by atoms with Crippen LogP contribution in [0.3, 0.4) is 0 Å². The van der Waals surface area contributed by atoms with Gasteiger partial charge in [-0.2, -0.15) is 0 Å². The number of carbonyl (C=O) groups excluding carboxylic acids is 2. The molecule has 1 atom stereocenters. The van der Waals surface area contributed by atoms with E-state index in [2.05, 4.69) is 15.3 Å². The Labute approximate surface area is 118 Å². The van der Waals surface area contributed by atoms with E-state index in [4.69, 9.17) is 0 Å². The first-order valence-corrected chi connectivity index (χ1v) is 6.60. The first-order valence-electron chi connectivity index (χ1n) is 6.60. The Balaban J connectivity index is 1.78. The van der Waals surface area contributed by atoms with Crippen LogP contribution in [0.4, 0.5) is 4.79 Å². The number of aromatic nitrogens is 2. The van der Waals surface area contributed by atoms with Crippen LogP contribution in [0.5, 0.6) is 0 Å². The second-order valence-electron chi connectivity index (χ2n) is 5.00. The van der Waals surface area contributed by atoms with Crippen molar-refractivity contribution < 1.29 is 9.59 Å². The van der Waals surface area contributed by atoms with Gasteiger partial charge in [-0.25, -0.2) is 4.79 Å². The van der Waals surface area contributed by atoms with Crippen molar-refractivity contribution in [3.63, 3.8) is 0 Å². The molecule has 1 aliphatic rings. The number of likely N-dealkylation sites (N-methyl/N-ethyl adjacent to an activating group) is 1. The molecule has 7 heteroatoms. The van der Waals surface area contributed by atoms with Crippen molar-refractivity contribution in [1.82, 2.24) is 25.1 Å². The fourth-order valence-electron chi connectivity index (χ4n) is 2.14. The molecule has 1 aliphatic heterocycles. The molecule has 0 spiro atoms. The summed E-state index contributed by atoms with van der Waals surface area (Å²) in [4.78, 5) is 34.9. The molecule has 7 nitrogen and oxygen atoms in total. The molecule has 1 aromatic heterocycles. The predicted molar refractivity (Wildman–Crippen MR) is 72.9 cm³/mol. The van der Waals surface area contributed by atoms with Crippen LogP contribution in [-0.2, 0) is 11.2 Å². The zero-order chi connectivity index (χ0) is 14.5. The van der Waals surface area contributed by atoms with E-state index in [1.165, 1.54) is 0 Å². The fraction of sp³-hybridized carbons (Fsp3) is 0.538. The Morgan fingerprint density at radius 2 is 2.25 bits per heavy atom. The van der Waals surface area contributed by atoms with Crippen LogP contribution in [0.2, 0.25) is 0 Å². The lowest BCUT2D eigenvalue weighted by molar-refractivity contribution is -0.122. The SMILES string of the molecule is C[C@H](Cc1cnccn1)NC(=O)CN1CCN(C)C1=O. The molecular formula is C13H19N5O2. The minimum Gasteiger partial charge on any atom is -0.352 e. The smallest absolute Gasteiger partial charge is 0.320 e. The van der Waals surface area contributed by atoms with Gasteiger partial charge in [-0.1, -0.05) is 0 Å². The highest BCUT2D eigenvalue weighted by Gasteiger charge is 2.27. The minimum absolute atomic E-state index is 0.0466. The van der Waals surface area contributed by atoms with Crippen molar-refractivity contribution in [1.29, 1.82) is 0 Å². The highest BCUT2D eigenvalue weighted by molar-refractivity contribution is 5.85. The first kappa shape index (κ1) is 14.2. The number of urea groups is 1. The standard InChI is InChI=1S/C13H19N5O2/c1-10(7-11-8-14-3-4-15-11)16-12(19)9-18-6-5-17(2)13(18)20/h3-4,8,10H,5-7,9H2,1-2H3,(H,16,19)/t10-/m1/s1. The molecule has 1 saturated heterocycles. The molecule has 2 rings (SSSR count). The summed E-state index contributed by atoms with van der Waals surface area (Å²) in [6, 6.07) is -0.142. The van der Waals surface area contributed by atoms with Crippen LogP contribution >= 0.6 is 0 Å². The Morgan fingerprint density at radius 3 is 2.85 bits per heavy atom. The number of amides is 3. The molecule has 1 aromatic rings. The molecule has 1 fully saturated rings. The van der Waals surface area contributed by atoms with E-state index in [1.54, 1.807) is 35.4 Å². The maximum absolute atomic E-state index is 11.9. The van der Waals surface area contributed by atoms with Crippen molar-refractivity contribution in [2.75, 3.05) is 26.7 Å². The monoisotopic (exact) mass is 277 g/mol. The molecule has 3 amide bonds. The van der Waals surface area contributed by atoms with E-state index in [9.17, 15) is 9.59 Å². The van der Waals surface area contributed by atoms with Crippen molar-refractivity contribution in [2.24, 2.45) is 0 Å². The highest BCUT2D eigenvalue weighted by Crippen LogP contribution is 2.05. The maximum atomic E-state index is 11.9. The number of hydrogen-bond acceptors (Lipinski definition) is 4. The van der Waals surface area contributed by atoms with Gasteiger partial charge in [0.1, 0.15) is 6.54 Å². The van der Waals surface area contributed by atoms with Crippen LogP contribution in [0, 0.1) is 0 Å². The second kappa shape index (κ2) is 6.31. The van der Waals surface area contributed by atoms with Gasteiger partial charge in [0.05, 0.1) is 5.69 Å². The molecule has 0 radical (unpaired) electrons. The molecule has 0 aliphatic carbocycles. The van der Waals surface area contributed by atoms with Crippen LogP contribution < -0.4 is 5.32 Å². The van der Waals surface area contributed by atoms with E-state index in [0.717, 1.165) is 5.69 Å². The quantitative estimate of drug-likeness (QED) is 0.814. The fourth-order valence-corrected chi connectivity index (χ4v) is 2.14. The lowest BCUT2D eigenvalue weighted by Gasteiger charge is -2.18. The topological polar surface area (TPSA) is 78.4 Å². The summed E-state index contributed by atoms with van der Waals surface area (Å²) in [7, 11) is 1.73. The first-order chi connectivity index (χ1) is 9.56. The summed E-state index contributed by atoms with van der Waals surface area (Å²) in [6.45, 7) is 3.28. The highest BCUT2D eigenvalue weighted by atomic mass is 16.2. The number of nitrogens with zero attached hydrogens (tertiary/aromatic N) is 4. The van der Waals surface area contributed by atoms with Gasteiger partial charge in [0.25, 0.3) is 0 Å². The third-order valence-corrected chi connectivity index (χ3v) is 3.18. The normalized spacial score (nSPS) is 16.4. The Bertz CT molecular complexity index is 479. The summed E-state index contributed by atoms with van der Waals surface area (Å²) >= 11 is 0. The predicted octanol–water partition coefficient (Wildman–Crippen LogP) is -0.109. The Kier molecular flexibility index (Phi) is 4.49. The summed E-state index contributed by atoms with van der Waals surface area (Å²) < 4.78 is 0.